The molecule has 3 rings (SSSR count). The van der Waals surface area contributed by atoms with Crippen LogP contribution in [-0.2, 0) is 17.9 Å². The molecule has 9 nitrogen and oxygen atoms in total. The number of ether oxygens (including phenoxy) is 1. The number of methoxy groups -OCH3 is 1. The number of nitrogens with zero attached hydrogens (tertiary/aromatic N) is 3. The molecular weight excluding hydrogens is 352 g/mol. The minimum absolute atomic E-state index is 0.151. The zero-order valence-corrected chi connectivity index (χ0v) is 14.4. The molecule has 1 heterocycles. The number of nitro benzene ring substituents is 1. The molecule has 9 heteroatoms. The van der Waals surface area contributed by atoms with E-state index in [0.29, 0.717) is 5.75 Å². The highest BCUT2D eigenvalue weighted by Gasteiger charge is 2.12. The van der Waals surface area contributed by atoms with Gasteiger partial charge in [-0.1, -0.05) is 18.2 Å². The van der Waals surface area contributed by atoms with E-state index in [1.165, 1.54) is 24.5 Å². The maximum atomic E-state index is 12.5. The van der Waals surface area contributed by atoms with Crippen molar-refractivity contribution in [3.8, 4) is 5.75 Å². The number of rotatable bonds is 6. The van der Waals surface area contributed by atoms with Crippen molar-refractivity contribution >= 4 is 22.5 Å². The van der Waals surface area contributed by atoms with Gasteiger partial charge in [-0.25, -0.2) is 4.98 Å². The smallest absolute Gasteiger partial charge is 0.271 e. The van der Waals surface area contributed by atoms with Gasteiger partial charge in [-0.15, -0.1) is 0 Å². The second-order valence-corrected chi connectivity index (χ2v) is 5.72. The number of nitro groups is 1. The molecule has 1 amide bonds. The van der Waals surface area contributed by atoms with Crippen LogP contribution < -0.4 is 15.6 Å². The van der Waals surface area contributed by atoms with Crippen LogP contribution in [0.1, 0.15) is 5.56 Å². The quantitative estimate of drug-likeness (QED) is 0.522. The van der Waals surface area contributed by atoms with Gasteiger partial charge in [-0.05, 0) is 12.1 Å². The Balaban J connectivity index is 1.75. The lowest BCUT2D eigenvalue weighted by Crippen LogP contribution is -2.32. The molecule has 0 fully saturated rings. The third kappa shape index (κ3) is 3.92. The van der Waals surface area contributed by atoms with Crippen molar-refractivity contribution in [2.45, 2.75) is 13.1 Å². The summed E-state index contributed by atoms with van der Waals surface area (Å²) in [4.78, 5) is 39.0. The molecule has 0 aliphatic heterocycles. The minimum Gasteiger partial charge on any atom is -0.496 e. The summed E-state index contributed by atoms with van der Waals surface area (Å²) in [5.74, 6) is 0.287. The van der Waals surface area contributed by atoms with Gasteiger partial charge in [0.1, 0.15) is 12.3 Å². The maximum absolute atomic E-state index is 12.5. The molecule has 0 aliphatic rings. The largest absolute Gasteiger partial charge is 0.496 e. The summed E-state index contributed by atoms with van der Waals surface area (Å²) in [7, 11) is 1.55. The molecule has 3 aromatic rings. The molecule has 27 heavy (non-hydrogen) atoms. The molecule has 0 radical (unpaired) electrons. The zero-order valence-electron chi connectivity index (χ0n) is 14.4. The number of hydrogen-bond donors (Lipinski definition) is 1. The van der Waals surface area contributed by atoms with Crippen LogP contribution in [0.2, 0.25) is 0 Å². The van der Waals surface area contributed by atoms with Crippen LogP contribution in [0.3, 0.4) is 0 Å². The highest BCUT2D eigenvalue weighted by Crippen LogP contribution is 2.17. The average molecular weight is 368 g/mol. The Morgan fingerprint density at radius 1 is 1.30 bits per heavy atom. The Labute approximate surface area is 153 Å². The molecule has 0 atom stereocenters. The van der Waals surface area contributed by atoms with E-state index >= 15 is 0 Å². The molecule has 2 aromatic carbocycles. The van der Waals surface area contributed by atoms with Crippen LogP contribution in [0.4, 0.5) is 5.69 Å². The Bertz CT molecular complexity index is 1080. The fraction of sp³-hybridized carbons (Fsp3) is 0.167. The topological polar surface area (TPSA) is 116 Å². The summed E-state index contributed by atoms with van der Waals surface area (Å²) < 4.78 is 6.38. The summed E-state index contributed by atoms with van der Waals surface area (Å²) in [6.07, 6.45) is 1.21. The fourth-order valence-electron chi connectivity index (χ4n) is 2.63. The molecule has 1 aromatic heterocycles. The summed E-state index contributed by atoms with van der Waals surface area (Å²) in [5.41, 5.74) is 0.425. The lowest BCUT2D eigenvalue weighted by molar-refractivity contribution is -0.384. The van der Waals surface area contributed by atoms with Crippen molar-refractivity contribution < 1.29 is 14.5 Å². The molecule has 0 saturated heterocycles. The summed E-state index contributed by atoms with van der Waals surface area (Å²) >= 11 is 0. The van der Waals surface area contributed by atoms with Crippen molar-refractivity contribution in [1.82, 2.24) is 14.9 Å². The Kier molecular flexibility index (Phi) is 5.11. The summed E-state index contributed by atoms with van der Waals surface area (Å²) in [5, 5.41) is 13.7. The van der Waals surface area contributed by atoms with Crippen molar-refractivity contribution in [3.63, 3.8) is 0 Å². The number of carbonyl (C=O) groups is 1. The van der Waals surface area contributed by atoms with E-state index in [0.717, 1.165) is 10.1 Å². The SMILES string of the molecule is COc1ccccc1CNC(=O)Cn1cnc2cc([N+](=O)[O-])ccc2c1=O. The molecule has 0 aliphatic carbocycles. The number of non-ortho nitro benzene ring substituents is 1. The molecule has 1 N–H and O–H groups in total. The van der Waals surface area contributed by atoms with Gasteiger partial charge >= 0.3 is 0 Å². The van der Waals surface area contributed by atoms with Crippen molar-refractivity contribution in [3.05, 3.63) is 74.8 Å². The van der Waals surface area contributed by atoms with Gasteiger partial charge in [-0.3, -0.25) is 24.3 Å². The highest BCUT2D eigenvalue weighted by atomic mass is 16.6. The maximum Gasteiger partial charge on any atom is 0.271 e. The summed E-state index contributed by atoms with van der Waals surface area (Å²) in [6, 6.07) is 11.1. The Morgan fingerprint density at radius 3 is 2.81 bits per heavy atom. The number of nitrogens with one attached hydrogen (secondary N) is 1. The Morgan fingerprint density at radius 2 is 2.07 bits per heavy atom. The van der Waals surface area contributed by atoms with E-state index in [4.69, 9.17) is 4.74 Å². The zero-order chi connectivity index (χ0) is 19.4. The second-order valence-electron chi connectivity index (χ2n) is 5.72. The first-order valence-electron chi connectivity index (χ1n) is 8.02. The van der Waals surface area contributed by atoms with Gasteiger partial charge in [0, 0.05) is 24.2 Å². The van der Waals surface area contributed by atoms with Crippen LogP contribution in [0.5, 0.6) is 5.75 Å². The van der Waals surface area contributed by atoms with Gasteiger partial charge in [-0.2, -0.15) is 0 Å². The van der Waals surface area contributed by atoms with Gasteiger partial charge in [0.2, 0.25) is 5.91 Å². The van der Waals surface area contributed by atoms with Crippen molar-refractivity contribution in [1.29, 1.82) is 0 Å². The predicted molar refractivity (Wildman–Crippen MR) is 97.5 cm³/mol. The van der Waals surface area contributed by atoms with E-state index in [1.807, 2.05) is 18.2 Å². The number of para-hydroxylation sites is 1. The molecule has 0 saturated carbocycles. The lowest BCUT2D eigenvalue weighted by Gasteiger charge is -2.10. The van der Waals surface area contributed by atoms with Gasteiger partial charge in [0.05, 0.1) is 29.3 Å². The molecule has 0 spiro atoms. The third-order valence-electron chi connectivity index (χ3n) is 4.00. The first-order valence-corrected chi connectivity index (χ1v) is 8.02. The molecular formula is C18H16N4O5. The number of aromatic nitrogens is 2. The van der Waals surface area contributed by atoms with E-state index in [1.54, 1.807) is 13.2 Å². The number of fused-ring (bicyclic) bond motifs is 1. The van der Waals surface area contributed by atoms with Crippen LogP contribution in [0.25, 0.3) is 10.9 Å². The third-order valence-corrected chi connectivity index (χ3v) is 4.00. The highest BCUT2D eigenvalue weighted by molar-refractivity contribution is 5.80. The monoisotopic (exact) mass is 368 g/mol. The van der Waals surface area contributed by atoms with Gasteiger partial charge < -0.3 is 10.1 Å². The summed E-state index contributed by atoms with van der Waals surface area (Å²) in [6.45, 7) is 0.0404. The average Bonchev–Trinajstić information content (AvgIpc) is 2.68. The van der Waals surface area contributed by atoms with E-state index < -0.39 is 10.5 Å². The fourth-order valence-corrected chi connectivity index (χ4v) is 2.63. The normalized spacial score (nSPS) is 10.6. The van der Waals surface area contributed by atoms with Crippen LogP contribution in [-0.4, -0.2) is 27.5 Å². The molecule has 0 unspecified atom stereocenters. The predicted octanol–water partition coefficient (Wildman–Crippen LogP) is 1.63. The number of amides is 1. The number of benzene rings is 2. The van der Waals surface area contributed by atoms with E-state index in [9.17, 15) is 19.7 Å². The number of hydrogen-bond acceptors (Lipinski definition) is 6. The van der Waals surface area contributed by atoms with Gasteiger partial charge in [0.25, 0.3) is 11.2 Å². The van der Waals surface area contributed by atoms with E-state index in [-0.39, 0.29) is 35.6 Å². The standard InChI is InChI=1S/C18H16N4O5/c1-27-16-5-3-2-4-12(16)9-19-17(23)10-21-11-20-15-8-13(22(25)26)6-7-14(15)18(21)24/h2-8,11H,9-10H2,1H3,(H,19,23). The van der Waals surface area contributed by atoms with Crippen LogP contribution in [0, 0.1) is 10.1 Å². The minimum atomic E-state index is -0.558. The molecule has 138 valence electrons. The van der Waals surface area contributed by atoms with Crippen molar-refractivity contribution in [2.24, 2.45) is 0 Å². The van der Waals surface area contributed by atoms with Crippen LogP contribution in [0.15, 0.2) is 53.6 Å². The van der Waals surface area contributed by atoms with Crippen molar-refractivity contribution in [2.75, 3.05) is 7.11 Å². The molecule has 0 bridgehead atoms. The van der Waals surface area contributed by atoms with E-state index in [2.05, 4.69) is 10.3 Å². The van der Waals surface area contributed by atoms with Gasteiger partial charge in [0.15, 0.2) is 0 Å². The lowest BCUT2D eigenvalue weighted by atomic mass is 10.2. The Hall–Kier alpha value is -3.75. The first kappa shape index (κ1) is 18.1. The second kappa shape index (κ2) is 7.65. The number of carbonyl (C=O) groups excluding carboxylic acids is 1. The first-order chi connectivity index (χ1) is 13.0. The van der Waals surface area contributed by atoms with Crippen LogP contribution >= 0.6 is 0 Å².